The van der Waals surface area contributed by atoms with Gasteiger partial charge in [0.15, 0.2) is 5.69 Å². The van der Waals surface area contributed by atoms with Gasteiger partial charge in [-0.2, -0.15) is 0 Å². The zero-order valence-corrected chi connectivity index (χ0v) is 12.1. The van der Waals surface area contributed by atoms with E-state index in [1.807, 2.05) is 54.6 Å². The molecule has 0 spiro atoms. The van der Waals surface area contributed by atoms with Crippen LogP contribution in [0.2, 0.25) is 0 Å². The van der Waals surface area contributed by atoms with E-state index in [9.17, 15) is 9.90 Å². The average Bonchev–Trinajstić information content (AvgIpc) is 3.00. The van der Waals surface area contributed by atoms with Crippen LogP contribution in [0.1, 0.15) is 23.0 Å². The van der Waals surface area contributed by atoms with Crippen molar-refractivity contribution < 1.29 is 9.90 Å². The molecule has 0 atom stereocenters. The van der Waals surface area contributed by atoms with Crippen molar-refractivity contribution in [1.82, 2.24) is 15.0 Å². The Morgan fingerprint density at radius 2 is 1.77 bits per heavy atom. The normalized spacial score (nSPS) is 10.6. The Kier molecular flexibility index (Phi) is 3.70. The third-order valence-electron chi connectivity index (χ3n) is 3.52. The van der Waals surface area contributed by atoms with Gasteiger partial charge in [0.2, 0.25) is 0 Å². The molecule has 0 unspecified atom stereocenters. The van der Waals surface area contributed by atoms with E-state index in [1.165, 1.54) is 0 Å². The van der Waals surface area contributed by atoms with Gasteiger partial charge in [0, 0.05) is 5.56 Å². The SMILES string of the molecule is CCc1ccccc1-n1nnc(C(=O)O)c1-c1ccccc1. The Bertz CT molecular complexity index is 810. The van der Waals surface area contributed by atoms with Gasteiger partial charge >= 0.3 is 5.97 Å². The number of carboxylic acids is 1. The molecular formula is C17H15N3O2. The van der Waals surface area contributed by atoms with Crippen LogP contribution < -0.4 is 0 Å². The molecule has 5 nitrogen and oxygen atoms in total. The lowest BCUT2D eigenvalue weighted by Crippen LogP contribution is -2.05. The molecule has 22 heavy (non-hydrogen) atoms. The van der Waals surface area contributed by atoms with E-state index in [4.69, 9.17) is 0 Å². The molecule has 2 aromatic carbocycles. The molecule has 3 aromatic rings. The Hall–Kier alpha value is -2.95. The van der Waals surface area contributed by atoms with Gasteiger partial charge in [0.1, 0.15) is 5.69 Å². The van der Waals surface area contributed by atoms with Crippen LogP contribution in [0, 0.1) is 0 Å². The van der Waals surface area contributed by atoms with Crippen LogP contribution in [-0.2, 0) is 6.42 Å². The minimum absolute atomic E-state index is 0.0443. The lowest BCUT2D eigenvalue weighted by molar-refractivity contribution is 0.0691. The zero-order valence-electron chi connectivity index (χ0n) is 12.1. The second-order valence-corrected chi connectivity index (χ2v) is 4.85. The number of para-hydroxylation sites is 1. The summed E-state index contributed by atoms with van der Waals surface area (Å²) in [6, 6.07) is 17.1. The number of aromatic carboxylic acids is 1. The van der Waals surface area contributed by atoms with E-state index >= 15 is 0 Å². The summed E-state index contributed by atoms with van der Waals surface area (Å²) in [6.07, 6.45) is 0.826. The molecule has 1 aromatic heterocycles. The maximum Gasteiger partial charge on any atom is 0.358 e. The van der Waals surface area contributed by atoms with Gasteiger partial charge in [-0.1, -0.05) is 60.7 Å². The highest BCUT2D eigenvalue weighted by Crippen LogP contribution is 2.26. The first-order valence-corrected chi connectivity index (χ1v) is 7.05. The van der Waals surface area contributed by atoms with Crippen LogP contribution in [0.15, 0.2) is 54.6 Å². The van der Waals surface area contributed by atoms with Gasteiger partial charge in [0.25, 0.3) is 0 Å². The van der Waals surface area contributed by atoms with Crippen molar-refractivity contribution in [2.75, 3.05) is 0 Å². The predicted molar refractivity (Wildman–Crippen MR) is 83.1 cm³/mol. The topological polar surface area (TPSA) is 68.0 Å². The largest absolute Gasteiger partial charge is 0.476 e. The lowest BCUT2D eigenvalue weighted by atomic mass is 10.1. The van der Waals surface area contributed by atoms with Crippen molar-refractivity contribution >= 4 is 5.97 Å². The minimum atomic E-state index is -1.08. The molecule has 3 rings (SSSR count). The quantitative estimate of drug-likeness (QED) is 0.802. The fraction of sp³-hybridized carbons (Fsp3) is 0.118. The second-order valence-electron chi connectivity index (χ2n) is 4.85. The molecule has 0 aliphatic carbocycles. The minimum Gasteiger partial charge on any atom is -0.476 e. The number of carbonyl (C=O) groups is 1. The highest BCUT2D eigenvalue weighted by molar-refractivity contribution is 5.93. The summed E-state index contributed by atoms with van der Waals surface area (Å²) in [6.45, 7) is 2.05. The van der Waals surface area contributed by atoms with Gasteiger partial charge in [-0.3, -0.25) is 0 Å². The fourth-order valence-electron chi connectivity index (χ4n) is 2.47. The molecule has 0 radical (unpaired) electrons. The van der Waals surface area contributed by atoms with Crippen LogP contribution >= 0.6 is 0 Å². The van der Waals surface area contributed by atoms with Gasteiger partial charge in [0.05, 0.1) is 5.69 Å². The summed E-state index contributed by atoms with van der Waals surface area (Å²) in [7, 11) is 0. The van der Waals surface area contributed by atoms with Crippen molar-refractivity contribution in [3.8, 4) is 16.9 Å². The van der Waals surface area contributed by atoms with Crippen LogP contribution in [-0.4, -0.2) is 26.1 Å². The second kappa shape index (κ2) is 5.81. The lowest BCUT2D eigenvalue weighted by Gasteiger charge is -2.11. The zero-order chi connectivity index (χ0) is 15.5. The third kappa shape index (κ3) is 2.37. The first kappa shape index (κ1) is 14.0. The molecule has 0 aliphatic heterocycles. The molecule has 0 saturated carbocycles. The van der Waals surface area contributed by atoms with E-state index in [0.29, 0.717) is 5.69 Å². The number of aryl methyl sites for hydroxylation is 1. The van der Waals surface area contributed by atoms with Gasteiger partial charge in [-0.15, -0.1) is 5.10 Å². The fourth-order valence-corrected chi connectivity index (χ4v) is 2.47. The Labute approximate surface area is 127 Å². The first-order chi connectivity index (χ1) is 10.7. The number of carboxylic acid groups (broad SMARTS) is 1. The van der Waals surface area contributed by atoms with Crippen LogP contribution in [0.4, 0.5) is 0 Å². The molecule has 1 N–H and O–H groups in total. The Morgan fingerprint density at radius 1 is 1.09 bits per heavy atom. The van der Waals surface area contributed by atoms with E-state index in [2.05, 4.69) is 17.2 Å². The van der Waals surface area contributed by atoms with E-state index in [1.54, 1.807) is 4.68 Å². The molecule has 1 heterocycles. The predicted octanol–water partition coefficient (Wildman–Crippen LogP) is 3.19. The van der Waals surface area contributed by atoms with Crippen LogP contribution in [0.3, 0.4) is 0 Å². The summed E-state index contributed by atoms with van der Waals surface area (Å²) in [5, 5.41) is 17.3. The summed E-state index contributed by atoms with van der Waals surface area (Å²) < 4.78 is 1.61. The smallest absolute Gasteiger partial charge is 0.358 e. The van der Waals surface area contributed by atoms with Crippen molar-refractivity contribution in [3.63, 3.8) is 0 Å². The van der Waals surface area contributed by atoms with E-state index < -0.39 is 5.97 Å². The molecule has 5 heteroatoms. The van der Waals surface area contributed by atoms with Crippen LogP contribution in [0.5, 0.6) is 0 Å². The monoisotopic (exact) mass is 293 g/mol. The number of nitrogens with zero attached hydrogens (tertiary/aromatic N) is 3. The standard InChI is InChI=1S/C17H15N3O2/c1-2-12-8-6-7-11-14(12)20-16(13-9-4-3-5-10-13)15(17(21)22)18-19-20/h3-11H,2H2,1H3,(H,21,22). The van der Waals surface area contributed by atoms with Crippen molar-refractivity contribution in [2.24, 2.45) is 0 Å². The number of rotatable bonds is 4. The van der Waals surface area contributed by atoms with E-state index in [-0.39, 0.29) is 5.69 Å². The summed E-state index contributed by atoms with van der Waals surface area (Å²) in [4.78, 5) is 11.5. The van der Waals surface area contributed by atoms with Gasteiger partial charge in [-0.25, -0.2) is 9.48 Å². The highest BCUT2D eigenvalue weighted by atomic mass is 16.4. The number of hydrogen-bond donors (Lipinski definition) is 1. The summed E-state index contributed by atoms with van der Waals surface area (Å²) in [5.41, 5.74) is 3.16. The van der Waals surface area contributed by atoms with Crippen molar-refractivity contribution in [2.45, 2.75) is 13.3 Å². The maximum absolute atomic E-state index is 11.5. The molecule has 0 aliphatic rings. The summed E-state index contributed by atoms with van der Waals surface area (Å²) >= 11 is 0. The molecule has 110 valence electrons. The van der Waals surface area contributed by atoms with Crippen molar-refractivity contribution in [3.05, 3.63) is 65.9 Å². The van der Waals surface area contributed by atoms with Gasteiger partial charge in [-0.05, 0) is 18.1 Å². The molecule has 0 bridgehead atoms. The number of benzene rings is 2. The summed E-state index contributed by atoms with van der Waals surface area (Å²) in [5.74, 6) is -1.08. The Morgan fingerprint density at radius 3 is 2.45 bits per heavy atom. The van der Waals surface area contributed by atoms with E-state index in [0.717, 1.165) is 23.2 Å². The number of hydrogen-bond acceptors (Lipinski definition) is 3. The molecule has 0 saturated heterocycles. The number of aromatic nitrogens is 3. The Balaban J connectivity index is 2.28. The molecular weight excluding hydrogens is 278 g/mol. The third-order valence-corrected chi connectivity index (χ3v) is 3.52. The van der Waals surface area contributed by atoms with Crippen molar-refractivity contribution in [1.29, 1.82) is 0 Å². The van der Waals surface area contributed by atoms with Crippen LogP contribution in [0.25, 0.3) is 16.9 Å². The first-order valence-electron chi connectivity index (χ1n) is 7.05. The van der Waals surface area contributed by atoms with Gasteiger partial charge < -0.3 is 5.11 Å². The maximum atomic E-state index is 11.5. The highest BCUT2D eigenvalue weighted by Gasteiger charge is 2.22. The molecule has 0 amide bonds. The average molecular weight is 293 g/mol. The molecule has 0 fully saturated rings.